The standard InChI is InChI=1S/C40H42ClF2N7O3/c1-39(2,3)30-22-52-31(45-30)12-13-32(51)49-17-14-26(21-49)48(4)37-28-19-44-35(27-10-5-8-24-9-6-11-29(41)33(24)27)34(43)36(28)46-38(47-37)53-23-40-15-7-16-50(40)20-25(42)18-40/h5-6,8-13,19,22,25-26H,7,14-18,20-21,23H2,1-4H3/b13-12+/t25-,26-,40+/m1/s1. The Morgan fingerprint density at radius 3 is 2.75 bits per heavy atom. The predicted octanol–water partition coefficient (Wildman–Crippen LogP) is 7.63. The van der Waals surface area contributed by atoms with Gasteiger partial charge in [-0.05, 0) is 37.3 Å². The van der Waals surface area contributed by atoms with Gasteiger partial charge in [0.25, 0.3) is 0 Å². The van der Waals surface area contributed by atoms with Crippen LogP contribution in [0.25, 0.3) is 39.0 Å². The molecule has 13 heteroatoms. The second-order valence-electron chi connectivity index (χ2n) is 15.5. The quantitative estimate of drug-likeness (QED) is 0.149. The second-order valence-corrected chi connectivity index (χ2v) is 15.9. The van der Waals surface area contributed by atoms with Crippen LogP contribution in [-0.2, 0) is 10.2 Å². The molecule has 3 fully saturated rings. The van der Waals surface area contributed by atoms with Crippen molar-refractivity contribution < 1.29 is 22.7 Å². The number of pyridine rings is 1. The van der Waals surface area contributed by atoms with Crippen molar-refractivity contribution in [1.82, 2.24) is 29.7 Å². The highest BCUT2D eigenvalue weighted by Crippen LogP contribution is 2.41. The van der Waals surface area contributed by atoms with Crippen LogP contribution in [0.4, 0.5) is 14.6 Å². The van der Waals surface area contributed by atoms with Crippen molar-refractivity contribution in [3.63, 3.8) is 0 Å². The molecule has 53 heavy (non-hydrogen) atoms. The summed E-state index contributed by atoms with van der Waals surface area (Å²) in [5.74, 6) is 0.00775. The zero-order chi connectivity index (χ0) is 37.1. The van der Waals surface area contributed by atoms with Crippen molar-refractivity contribution in [2.24, 2.45) is 0 Å². The van der Waals surface area contributed by atoms with E-state index in [1.54, 1.807) is 35.6 Å². The fourth-order valence-corrected chi connectivity index (χ4v) is 8.35. The first-order chi connectivity index (χ1) is 25.4. The van der Waals surface area contributed by atoms with E-state index >= 15 is 4.39 Å². The molecule has 0 saturated carbocycles. The van der Waals surface area contributed by atoms with E-state index in [4.69, 9.17) is 25.7 Å². The number of anilines is 1. The fourth-order valence-electron chi connectivity index (χ4n) is 8.07. The molecule has 0 spiro atoms. The lowest BCUT2D eigenvalue weighted by Gasteiger charge is -2.31. The summed E-state index contributed by atoms with van der Waals surface area (Å²) in [6, 6.07) is 11.0. The van der Waals surface area contributed by atoms with Gasteiger partial charge in [-0.15, -0.1) is 0 Å². The number of rotatable bonds is 8. The highest BCUT2D eigenvalue weighted by atomic mass is 35.5. The zero-order valence-corrected chi connectivity index (χ0v) is 31.0. The van der Waals surface area contributed by atoms with Gasteiger partial charge in [-0.1, -0.05) is 62.7 Å². The number of alkyl halides is 1. The van der Waals surface area contributed by atoms with Crippen molar-refractivity contribution in [3.8, 4) is 17.3 Å². The lowest BCUT2D eigenvalue weighted by atomic mass is 9.93. The molecular formula is C40H42ClF2N7O3. The molecule has 0 N–H and O–H groups in total. The minimum absolute atomic E-state index is 0.00400. The lowest BCUT2D eigenvalue weighted by Crippen LogP contribution is -2.43. The molecule has 3 atom stereocenters. The molecular weight excluding hydrogens is 700 g/mol. The van der Waals surface area contributed by atoms with Crippen LogP contribution < -0.4 is 9.64 Å². The Labute approximate surface area is 311 Å². The van der Waals surface area contributed by atoms with Crippen molar-refractivity contribution in [2.45, 2.75) is 69.6 Å². The zero-order valence-electron chi connectivity index (χ0n) is 30.3. The molecule has 10 nitrogen and oxygen atoms in total. The van der Waals surface area contributed by atoms with Crippen LogP contribution in [0.2, 0.25) is 5.02 Å². The number of aromatic nitrogens is 4. The number of halogens is 3. The number of hydrogen-bond donors (Lipinski definition) is 0. The Balaban J connectivity index is 1.11. The number of ether oxygens (including phenoxy) is 1. The molecule has 3 aromatic heterocycles. The maximum absolute atomic E-state index is 16.9. The largest absolute Gasteiger partial charge is 0.461 e. The fraction of sp³-hybridized carbons (Fsp3) is 0.425. The molecule has 3 aliphatic rings. The smallest absolute Gasteiger partial charge is 0.319 e. The highest BCUT2D eigenvalue weighted by Gasteiger charge is 2.49. The number of nitrogens with zero attached hydrogens (tertiary/aromatic N) is 7. The van der Waals surface area contributed by atoms with Gasteiger partial charge in [0.05, 0.1) is 16.6 Å². The van der Waals surface area contributed by atoms with Gasteiger partial charge in [0.15, 0.2) is 5.82 Å². The summed E-state index contributed by atoms with van der Waals surface area (Å²) in [7, 11) is 1.87. The van der Waals surface area contributed by atoms with Gasteiger partial charge < -0.3 is 19.0 Å². The average Bonchev–Trinajstić information content (AvgIpc) is 3.94. The van der Waals surface area contributed by atoms with Gasteiger partial charge in [-0.3, -0.25) is 14.7 Å². The number of amides is 1. The Morgan fingerprint density at radius 1 is 1.15 bits per heavy atom. The van der Waals surface area contributed by atoms with Crippen molar-refractivity contribution >= 4 is 51.1 Å². The van der Waals surface area contributed by atoms with Crippen molar-refractivity contribution in [3.05, 3.63) is 77.4 Å². The number of carbonyl (C=O) groups is 1. The van der Waals surface area contributed by atoms with Gasteiger partial charge in [-0.25, -0.2) is 13.8 Å². The predicted molar refractivity (Wildman–Crippen MR) is 201 cm³/mol. The van der Waals surface area contributed by atoms with E-state index in [0.29, 0.717) is 65.5 Å². The number of hydrogen-bond acceptors (Lipinski definition) is 9. The molecule has 0 bridgehead atoms. The summed E-state index contributed by atoms with van der Waals surface area (Å²) in [4.78, 5) is 37.7. The molecule has 0 aliphatic carbocycles. The molecule has 5 aromatic rings. The number of carbonyl (C=O) groups excluding carboxylic acids is 1. The van der Waals surface area contributed by atoms with E-state index in [2.05, 4.69) is 19.9 Å². The maximum atomic E-state index is 16.9. The van der Waals surface area contributed by atoms with E-state index in [1.165, 1.54) is 6.08 Å². The molecule has 3 aliphatic heterocycles. The highest BCUT2D eigenvalue weighted by molar-refractivity contribution is 6.36. The Bertz CT molecular complexity index is 2230. The summed E-state index contributed by atoms with van der Waals surface area (Å²) in [5, 5.41) is 2.44. The van der Waals surface area contributed by atoms with Crippen LogP contribution in [0, 0.1) is 5.82 Å². The van der Waals surface area contributed by atoms with Crippen molar-refractivity contribution in [1.29, 1.82) is 0 Å². The summed E-state index contributed by atoms with van der Waals surface area (Å²) < 4.78 is 43.3. The van der Waals surface area contributed by atoms with Crippen LogP contribution in [0.3, 0.4) is 0 Å². The minimum Gasteiger partial charge on any atom is -0.461 e. The number of oxazole rings is 1. The van der Waals surface area contributed by atoms with Crippen molar-refractivity contribution in [2.75, 3.05) is 44.7 Å². The molecule has 0 radical (unpaired) electrons. The first-order valence-corrected chi connectivity index (χ1v) is 18.5. The number of fused-ring (bicyclic) bond motifs is 3. The first-order valence-electron chi connectivity index (χ1n) is 18.1. The SMILES string of the molecule is CN(c1nc(OC[C@@]23CCCN2C[C@H](F)C3)nc2c(F)c(-c3cccc4cccc(Cl)c34)ncc12)[C@@H]1CCN(C(=O)/C=C/c2nc(C(C)(C)C)co2)C1. The molecule has 8 rings (SSSR count). The Morgan fingerprint density at radius 2 is 1.96 bits per heavy atom. The van der Waals surface area contributed by atoms with Crippen LogP contribution >= 0.6 is 11.6 Å². The molecule has 2 aromatic carbocycles. The van der Waals surface area contributed by atoms with Gasteiger partial charge >= 0.3 is 6.01 Å². The summed E-state index contributed by atoms with van der Waals surface area (Å²) >= 11 is 6.63. The molecule has 3 saturated heterocycles. The second kappa shape index (κ2) is 13.6. The van der Waals surface area contributed by atoms with E-state index < -0.39 is 17.5 Å². The van der Waals surface area contributed by atoms with Gasteiger partial charge in [0.1, 0.15) is 36.1 Å². The molecule has 6 heterocycles. The van der Waals surface area contributed by atoms with Gasteiger partial charge in [-0.2, -0.15) is 9.97 Å². The van der Waals surface area contributed by atoms with E-state index in [-0.39, 0.29) is 41.2 Å². The Hall–Kier alpha value is -4.68. The van der Waals surface area contributed by atoms with Crippen LogP contribution in [0.15, 0.2) is 59.4 Å². The number of benzene rings is 2. The van der Waals surface area contributed by atoms with Gasteiger partial charge in [0.2, 0.25) is 11.8 Å². The molecule has 276 valence electrons. The third-order valence-electron chi connectivity index (χ3n) is 11.0. The van der Waals surface area contributed by atoms with E-state index in [9.17, 15) is 9.18 Å². The normalized spacial score (nSPS) is 22.1. The monoisotopic (exact) mass is 741 g/mol. The average molecular weight is 742 g/mol. The summed E-state index contributed by atoms with van der Waals surface area (Å²) in [6.07, 6.45) is 8.15. The minimum atomic E-state index is -0.920. The van der Waals surface area contributed by atoms with Gasteiger partial charge in [0, 0.05) is 78.9 Å². The van der Waals surface area contributed by atoms with Crippen LogP contribution in [-0.4, -0.2) is 93.2 Å². The number of likely N-dealkylation sites (N-methyl/N-ethyl adjacent to an activating group) is 1. The molecule has 0 unspecified atom stereocenters. The lowest BCUT2D eigenvalue weighted by molar-refractivity contribution is -0.124. The third-order valence-corrected chi connectivity index (χ3v) is 11.3. The molecule has 1 amide bonds. The third kappa shape index (κ3) is 6.60. The Kier molecular flexibility index (Phi) is 9.09. The van der Waals surface area contributed by atoms with E-state index in [0.717, 1.165) is 30.5 Å². The number of likely N-dealkylation sites (tertiary alicyclic amines) is 1. The topological polar surface area (TPSA) is 101 Å². The maximum Gasteiger partial charge on any atom is 0.319 e. The summed E-state index contributed by atoms with van der Waals surface area (Å²) in [6.45, 7) is 8.46. The van der Waals surface area contributed by atoms with Crippen LogP contribution in [0.5, 0.6) is 6.01 Å². The first kappa shape index (κ1) is 35.4. The van der Waals surface area contributed by atoms with E-state index in [1.807, 2.05) is 57.0 Å². The summed E-state index contributed by atoms with van der Waals surface area (Å²) in [5.41, 5.74) is 0.900. The van der Waals surface area contributed by atoms with Crippen LogP contribution in [0.1, 0.15) is 58.0 Å².